The van der Waals surface area contributed by atoms with Gasteiger partial charge in [-0.1, -0.05) is 23.2 Å². The minimum absolute atomic E-state index is 0.207. The molecule has 6 nitrogen and oxygen atoms in total. The zero-order chi connectivity index (χ0) is 14.1. The second-order valence-electron chi connectivity index (χ2n) is 4.80. The van der Waals surface area contributed by atoms with E-state index >= 15 is 0 Å². The molecule has 0 bridgehead atoms. The number of aliphatic carboxylic acids is 1. The van der Waals surface area contributed by atoms with Crippen molar-refractivity contribution in [2.45, 2.75) is 25.2 Å². The van der Waals surface area contributed by atoms with Crippen molar-refractivity contribution in [2.75, 3.05) is 0 Å². The van der Waals surface area contributed by atoms with Crippen LogP contribution < -0.4 is 0 Å². The largest absolute Gasteiger partial charge is 0.481 e. The first-order chi connectivity index (χ1) is 9.65. The molecule has 0 aliphatic heterocycles. The van der Waals surface area contributed by atoms with Crippen LogP contribution in [0.3, 0.4) is 0 Å². The molecule has 1 fully saturated rings. The third-order valence-electron chi connectivity index (χ3n) is 3.55. The van der Waals surface area contributed by atoms with Crippen LogP contribution in [0.25, 0.3) is 11.5 Å². The lowest BCUT2D eigenvalue weighted by molar-refractivity contribution is -0.142. The van der Waals surface area contributed by atoms with Crippen molar-refractivity contribution in [1.29, 1.82) is 0 Å². The molecule has 2 atom stereocenters. The van der Waals surface area contributed by atoms with Crippen LogP contribution in [0.1, 0.15) is 31.1 Å². The molecule has 2 aromatic rings. The topological polar surface area (TPSA) is 89.1 Å². The van der Waals surface area contributed by atoms with Crippen molar-refractivity contribution in [2.24, 2.45) is 5.92 Å². The van der Waals surface area contributed by atoms with Gasteiger partial charge in [0.25, 0.3) is 0 Å². The highest BCUT2D eigenvalue weighted by molar-refractivity contribution is 6.30. The highest BCUT2D eigenvalue weighted by Gasteiger charge is 2.37. The minimum Gasteiger partial charge on any atom is -0.481 e. The molecule has 104 valence electrons. The summed E-state index contributed by atoms with van der Waals surface area (Å²) in [6, 6.07) is 3.38. The highest BCUT2D eigenvalue weighted by atomic mass is 35.5. The Morgan fingerprint density at radius 3 is 2.95 bits per heavy atom. The predicted molar refractivity (Wildman–Crippen MR) is 70.3 cm³/mol. The molecule has 2 unspecified atom stereocenters. The fourth-order valence-electron chi connectivity index (χ4n) is 2.55. The van der Waals surface area contributed by atoms with Gasteiger partial charge in [0, 0.05) is 6.20 Å². The molecule has 1 saturated carbocycles. The molecule has 0 radical (unpaired) electrons. The van der Waals surface area contributed by atoms with Crippen LogP contribution in [-0.4, -0.2) is 26.2 Å². The SMILES string of the molecule is O=C(O)C1CCCC1c1nc(-c2ccc(Cl)cn2)no1. The zero-order valence-electron chi connectivity index (χ0n) is 10.5. The first kappa shape index (κ1) is 13.1. The number of hydrogen-bond donors (Lipinski definition) is 1. The fraction of sp³-hybridized carbons (Fsp3) is 0.385. The van der Waals surface area contributed by atoms with Crippen LogP contribution >= 0.6 is 11.6 Å². The molecular formula is C13H12ClN3O3. The lowest BCUT2D eigenvalue weighted by atomic mass is 9.96. The van der Waals surface area contributed by atoms with Crippen molar-refractivity contribution < 1.29 is 14.4 Å². The van der Waals surface area contributed by atoms with E-state index in [1.807, 2.05) is 0 Å². The maximum Gasteiger partial charge on any atom is 0.307 e. The van der Waals surface area contributed by atoms with E-state index in [1.54, 1.807) is 12.1 Å². The maximum absolute atomic E-state index is 11.2. The summed E-state index contributed by atoms with van der Waals surface area (Å²) in [4.78, 5) is 19.6. The van der Waals surface area contributed by atoms with Gasteiger partial charge in [-0.05, 0) is 25.0 Å². The summed E-state index contributed by atoms with van der Waals surface area (Å²) in [5.41, 5.74) is 0.550. The Morgan fingerprint density at radius 2 is 2.25 bits per heavy atom. The fourth-order valence-corrected chi connectivity index (χ4v) is 2.66. The van der Waals surface area contributed by atoms with E-state index in [9.17, 15) is 9.90 Å². The van der Waals surface area contributed by atoms with E-state index in [1.165, 1.54) is 6.20 Å². The normalized spacial score (nSPS) is 22.1. The quantitative estimate of drug-likeness (QED) is 0.936. The van der Waals surface area contributed by atoms with Crippen LogP contribution in [0, 0.1) is 5.92 Å². The van der Waals surface area contributed by atoms with Gasteiger partial charge in [0.2, 0.25) is 11.7 Å². The van der Waals surface area contributed by atoms with Gasteiger partial charge in [-0.15, -0.1) is 0 Å². The molecule has 20 heavy (non-hydrogen) atoms. The molecule has 2 aromatic heterocycles. The first-order valence-electron chi connectivity index (χ1n) is 6.33. The van der Waals surface area contributed by atoms with Gasteiger partial charge >= 0.3 is 5.97 Å². The number of carboxylic acid groups (broad SMARTS) is 1. The number of aromatic nitrogens is 3. The van der Waals surface area contributed by atoms with E-state index < -0.39 is 11.9 Å². The monoisotopic (exact) mass is 293 g/mol. The summed E-state index contributed by atoms with van der Waals surface area (Å²) in [5, 5.41) is 13.6. The molecule has 1 aliphatic carbocycles. The van der Waals surface area contributed by atoms with Gasteiger partial charge in [0.05, 0.1) is 16.9 Å². The summed E-state index contributed by atoms with van der Waals surface area (Å²) in [6.07, 6.45) is 3.77. The Hall–Kier alpha value is -1.95. The Morgan fingerprint density at radius 1 is 1.40 bits per heavy atom. The lowest BCUT2D eigenvalue weighted by Crippen LogP contribution is -2.17. The van der Waals surface area contributed by atoms with Crippen LogP contribution in [0.15, 0.2) is 22.9 Å². The second kappa shape index (κ2) is 5.20. The molecule has 0 amide bonds. The lowest BCUT2D eigenvalue weighted by Gasteiger charge is -2.09. The van der Waals surface area contributed by atoms with Gasteiger partial charge in [-0.3, -0.25) is 9.78 Å². The summed E-state index contributed by atoms with van der Waals surface area (Å²) in [6.45, 7) is 0. The number of hydrogen-bond acceptors (Lipinski definition) is 5. The molecule has 7 heteroatoms. The molecule has 3 rings (SSSR count). The summed E-state index contributed by atoms with van der Waals surface area (Å²) in [7, 11) is 0. The predicted octanol–water partition coefficient (Wildman–Crippen LogP) is 2.75. The smallest absolute Gasteiger partial charge is 0.307 e. The second-order valence-corrected chi connectivity index (χ2v) is 5.24. The van der Waals surface area contributed by atoms with E-state index in [4.69, 9.17) is 16.1 Å². The van der Waals surface area contributed by atoms with Gasteiger partial charge in [0.1, 0.15) is 5.69 Å². The number of carbonyl (C=O) groups is 1. The van der Waals surface area contributed by atoms with Crippen molar-refractivity contribution in [3.63, 3.8) is 0 Å². The van der Waals surface area contributed by atoms with Gasteiger partial charge in [0.15, 0.2) is 0 Å². The Labute approximate surface area is 119 Å². The zero-order valence-corrected chi connectivity index (χ0v) is 11.2. The van der Waals surface area contributed by atoms with E-state index in [0.29, 0.717) is 28.9 Å². The maximum atomic E-state index is 11.2. The third-order valence-corrected chi connectivity index (χ3v) is 3.77. The number of rotatable bonds is 3. The van der Waals surface area contributed by atoms with E-state index in [0.717, 1.165) is 12.8 Å². The average molecular weight is 294 g/mol. The van der Waals surface area contributed by atoms with E-state index in [-0.39, 0.29) is 5.92 Å². The number of pyridine rings is 1. The van der Waals surface area contributed by atoms with Crippen molar-refractivity contribution in [3.8, 4) is 11.5 Å². The Bertz CT molecular complexity index is 626. The first-order valence-corrected chi connectivity index (χ1v) is 6.71. The number of nitrogens with zero attached hydrogens (tertiary/aromatic N) is 3. The average Bonchev–Trinajstić information content (AvgIpc) is 3.08. The molecular weight excluding hydrogens is 282 g/mol. The van der Waals surface area contributed by atoms with Crippen LogP contribution in [0.4, 0.5) is 0 Å². The Balaban J connectivity index is 1.86. The summed E-state index contributed by atoms with van der Waals surface area (Å²) in [5.74, 6) is -0.728. The van der Waals surface area contributed by atoms with Crippen molar-refractivity contribution in [1.82, 2.24) is 15.1 Å². The van der Waals surface area contributed by atoms with Crippen molar-refractivity contribution >= 4 is 17.6 Å². The minimum atomic E-state index is -0.808. The number of halogens is 1. The van der Waals surface area contributed by atoms with Crippen LogP contribution in [-0.2, 0) is 4.79 Å². The van der Waals surface area contributed by atoms with Crippen molar-refractivity contribution in [3.05, 3.63) is 29.2 Å². The standard InChI is InChI=1S/C13H12ClN3O3/c14-7-4-5-10(15-6-7)11-16-12(20-17-11)8-2-1-3-9(8)13(18)19/h4-6,8-9H,1-3H2,(H,18,19). The summed E-state index contributed by atoms with van der Waals surface area (Å²) >= 11 is 5.77. The Kier molecular flexibility index (Phi) is 3.40. The molecule has 0 saturated heterocycles. The molecule has 0 spiro atoms. The van der Waals surface area contributed by atoms with Crippen LogP contribution in [0.2, 0.25) is 5.02 Å². The van der Waals surface area contributed by atoms with E-state index in [2.05, 4.69) is 15.1 Å². The molecule has 1 N–H and O–H groups in total. The van der Waals surface area contributed by atoms with Crippen LogP contribution in [0.5, 0.6) is 0 Å². The molecule has 0 aromatic carbocycles. The molecule has 1 aliphatic rings. The van der Waals surface area contributed by atoms with Gasteiger partial charge in [-0.25, -0.2) is 0 Å². The highest BCUT2D eigenvalue weighted by Crippen LogP contribution is 2.39. The molecule has 2 heterocycles. The van der Waals surface area contributed by atoms with Gasteiger partial charge < -0.3 is 9.63 Å². The third kappa shape index (κ3) is 2.38. The summed E-state index contributed by atoms with van der Waals surface area (Å²) < 4.78 is 5.22. The van der Waals surface area contributed by atoms with Gasteiger partial charge in [-0.2, -0.15) is 4.98 Å². The number of carboxylic acids is 1.